The molecule has 3 N–H and O–H groups in total. The van der Waals surface area contributed by atoms with E-state index in [0.717, 1.165) is 12.0 Å². The molecule has 2 atom stereocenters. The zero-order valence-corrected chi connectivity index (χ0v) is 9.98. The van der Waals surface area contributed by atoms with Crippen LogP contribution in [0.5, 0.6) is 0 Å². The monoisotopic (exact) mass is 223 g/mol. The highest BCUT2D eigenvalue weighted by molar-refractivity contribution is 5.25. The molecule has 16 heavy (non-hydrogen) atoms. The van der Waals surface area contributed by atoms with Gasteiger partial charge in [0.05, 0.1) is 6.10 Å². The van der Waals surface area contributed by atoms with Crippen LogP contribution < -0.4 is 5.32 Å². The van der Waals surface area contributed by atoms with Gasteiger partial charge < -0.3 is 15.5 Å². The minimum atomic E-state index is -0.792. The standard InChI is InChI=1S/C13H21NO2/c1-3-10-5-4-6-11(9-10)13(16)12(15)7-8-14-2/h4-6,9,12-16H,3,7-8H2,1-2H3. The first-order valence-corrected chi connectivity index (χ1v) is 5.78. The molecule has 0 saturated carbocycles. The summed E-state index contributed by atoms with van der Waals surface area (Å²) in [7, 11) is 1.83. The molecule has 1 aromatic rings. The molecule has 0 aromatic heterocycles. The quantitative estimate of drug-likeness (QED) is 0.680. The maximum atomic E-state index is 9.96. The van der Waals surface area contributed by atoms with Gasteiger partial charge in [-0.3, -0.25) is 0 Å². The average Bonchev–Trinajstić information content (AvgIpc) is 2.35. The van der Waals surface area contributed by atoms with Gasteiger partial charge in [-0.25, -0.2) is 0 Å². The van der Waals surface area contributed by atoms with Crippen molar-refractivity contribution in [2.24, 2.45) is 0 Å². The molecule has 0 heterocycles. The van der Waals surface area contributed by atoms with Crippen molar-refractivity contribution in [1.29, 1.82) is 0 Å². The zero-order valence-electron chi connectivity index (χ0n) is 9.98. The van der Waals surface area contributed by atoms with E-state index in [1.165, 1.54) is 5.56 Å². The van der Waals surface area contributed by atoms with Crippen molar-refractivity contribution in [2.75, 3.05) is 13.6 Å². The molecule has 0 amide bonds. The maximum absolute atomic E-state index is 9.96. The molecule has 1 rings (SSSR count). The van der Waals surface area contributed by atoms with Gasteiger partial charge in [0.15, 0.2) is 0 Å². The summed E-state index contributed by atoms with van der Waals surface area (Å²) in [6, 6.07) is 7.75. The second kappa shape index (κ2) is 6.63. The Hall–Kier alpha value is -0.900. The number of hydrogen-bond donors (Lipinski definition) is 3. The number of rotatable bonds is 6. The number of benzene rings is 1. The molecule has 3 heteroatoms. The van der Waals surface area contributed by atoms with Crippen LogP contribution in [-0.4, -0.2) is 29.9 Å². The summed E-state index contributed by atoms with van der Waals surface area (Å²) in [6.45, 7) is 2.77. The van der Waals surface area contributed by atoms with Gasteiger partial charge in [-0.1, -0.05) is 31.2 Å². The minimum Gasteiger partial charge on any atom is -0.390 e. The molecule has 3 nitrogen and oxygen atoms in total. The summed E-state index contributed by atoms with van der Waals surface area (Å²) in [6.07, 6.45) is -0.0133. The van der Waals surface area contributed by atoms with Crippen molar-refractivity contribution >= 4 is 0 Å². The van der Waals surface area contributed by atoms with Crippen LogP contribution in [0, 0.1) is 0 Å². The molecule has 0 aliphatic rings. The van der Waals surface area contributed by atoms with Gasteiger partial charge >= 0.3 is 0 Å². The number of aliphatic hydroxyl groups excluding tert-OH is 2. The Morgan fingerprint density at radius 1 is 1.31 bits per heavy atom. The fourth-order valence-electron chi connectivity index (χ4n) is 1.67. The van der Waals surface area contributed by atoms with Gasteiger partial charge in [0.25, 0.3) is 0 Å². The Morgan fingerprint density at radius 2 is 2.06 bits per heavy atom. The van der Waals surface area contributed by atoms with Gasteiger partial charge in [0.2, 0.25) is 0 Å². The van der Waals surface area contributed by atoms with Crippen LogP contribution in [0.1, 0.15) is 30.6 Å². The molecular weight excluding hydrogens is 202 g/mol. The number of hydrogen-bond acceptors (Lipinski definition) is 3. The van der Waals surface area contributed by atoms with Crippen molar-refractivity contribution in [1.82, 2.24) is 5.32 Å². The van der Waals surface area contributed by atoms with Gasteiger partial charge in [0, 0.05) is 0 Å². The smallest absolute Gasteiger partial charge is 0.105 e. The molecular formula is C13H21NO2. The Bertz CT molecular complexity index is 315. The molecule has 0 fully saturated rings. The average molecular weight is 223 g/mol. The van der Waals surface area contributed by atoms with Crippen molar-refractivity contribution < 1.29 is 10.2 Å². The van der Waals surface area contributed by atoms with E-state index in [1.807, 2.05) is 31.3 Å². The Morgan fingerprint density at radius 3 is 2.69 bits per heavy atom. The predicted octanol–water partition coefficient (Wildman–Crippen LogP) is 1.25. The van der Waals surface area contributed by atoms with Gasteiger partial charge in [-0.05, 0) is 37.6 Å². The van der Waals surface area contributed by atoms with Gasteiger partial charge in [-0.15, -0.1) is 0 Å². The molecule has 2 unspecified atom stereocenters. The van der Waals surface area contributed by atoms with Crippen molar-refractivity contribution in [2.45, 2.75) is 32.0 Å². The first kappa shape index (κ1) is 13.2. The van der Waals surface area contributed by atoms with E-state index in [2.05, 4.69) is 12.2 Å². The molecule has 0 spiro atoms. The third kappa shape index (κ3) is 3.59. The van der Waals surface area contributed by atoms with Crippen LogP contribution in [0.25, 0.3) is 0 Å². The first-order valence-electron chi connectivity index (χ1n) is 5.78. The second-order valence-electron chi connectivity index (χ2n) is 4.00. The van der Waals surface area contributed by atoms with Crippen LogP contribution in [0.3, 0.4) is 0 Å². The molecule has 0 saturated heterocycles. The highest BCUT2D eigenvalue weighted by atomic mass is 16.3. The Labute approximate surface area is 97.1 Å². The fourth-order valence-corrected chi connectivity index (χ4v) is 1.67. The van der Waals surface area contributed by atoms with E-state index in [9.17, 15) is 10.2 Å². The van der Waals surface area contributed by atoms with Crippen molar-refractivity contribution in [3.05, 3.63) is 35.4 Å². The van der Waals surface area contributed by atoms with E-state index in [-0.39, 0.29) is 0 Å². The summed E-state index contributed by atoms with van der Waals surface area (Å²) in [5.74, 6) is 0. The molecule has 0 aliphatic heterocycles. The molecule has 90 valence electrons. The molecule has 1 aromatic carbocycles. The second-order valence-corrected chi connectivity index (χ2v) is 4.00. The fraction of sp³-hybridized carbons (Fsp3) is 0.538. The van der Waals surface area contributed by atoms with Gasteiger partial charge in [-0.2, -0.15) is 0 Å². The van der Waals surface area contributed by atoms with E-state index < -0.39 is 12.2 Å². The van der Waals surface area contributed by atoms with Crippen LogP contribution in [0.15, 0.2) is 24.3 Å². The lowest BCUT2D eigenvalue weighted by Crippen LogP contribution is -2.23. The lowest BCUT2D eigenvalue weighted by Gasteiger charge is -2.18. The normalized spacial score (nSPS) is 14.8. The SMILES string of the molecule is CCc1cccc(C(O)C(O)CCNC)c1. The van der Waals surface area contributed by atoms with Crippen LogP contribution >= 0.6 is 0 Å². The molecule has 0 bridgehead atoms. The van der Waals surface area contributed by atoms with Crippen LogP contribution in [-0.2, 0) is 6.42 Å². The minimum absolute atomic E-state index is 0.550. The third-order valence-corrected chi connectivity index (χ3v) is 2.76. The van der Waals surface area contributed by atoms with Crippen LogP contribution in [0.2, 0.25) is 0 Å². The zero-order chi connectivity index (χ0) is 12.0. The van der Waals surface area contributed by atoms with Gasteiger partial charge in [0.1, 0.15) is 6.10 Å². The largest absolute Gasteiger partial charge is 0.390 e. The summed E-state index contributed by atoms with van der Waals surface area (Å²) < 4.78 is 0. The highest BCUT2D eigenvalue weighted by Crippen LogP contribution is 2.20. The number of nitrogens with one attached hydrogen (secondary N) is 1. The highest BCUT2D eigenvalue weighted by Gasteiger charge is 2.17. The summed E-state index contributed by atoms with van der Waals surface area (Å²) >= 11 is 0. The lowest BCUT2D eigenvalue weighted by molar-refractivity contribution is 0.0140. The summed E-state index contributed by atoms with van der Waals surface area (Å²) in [4.78, 5) is 0. The van der Waals surface area contributed by atoms with E-state index in [0.29, 0.717) is 13.0 Å². The summed E-state index contributed by atoms with van der Waals surface area (Å²) in [5.41, 5.74) is 1.97. The third-order valence-electron chi connectivity index (χ3n) is 2.76. The summed E-state index contributed by atoms with van der Waals surface area (Å²) in [5, 5.41) is 22.7. The molecule has 0 aliphatic carbocycles. The topological polar surface area (TPSA) is 52.5 Å². The maximum Gasteiger partial charge on any atom is 0.105 e. The number of aliphatic hydroxyl groups is 2. The van der Waals surface area contributed by atoms with E-state index in [1.54, 1.807) is 0 Å². The molecule has 0 radical (unpaired) electrons. The van der Waals surface area contributed by atoms with Crippen LogP contribution in [0.4, 0.5) is 0 Å². The lowest BCUT2D eigenvalue weighted by atomic mass is 9.99. The van der Waals surface area contributed by atoms with Crippen molar-refractivity contribution in [3.63, 3.8) is 0 Å². The Kier molecular flexibility index (Phi) is 5.46. The number of aryl methyl sites for hydroxylation is 1. The van der Waals surface area contributed by atoms with Crippen molar-refractivity contribution in [3.8, 4) is 0 Å². The Balaban J connectivity index is 2.67. The predicted molar refractivity (Wildman–Crippen MR) is 65.3 cm³/mol. The van der Waals surface area contributed by atoms with E-state index >= 15 is 0 Å². The van der Waals surface area contributed by atoms with E-state index in [4.69, 9.17) is 0 Å². The first-order chi connectivity index (χ1) is 7.69.